The molecule has 0 radical (unpaired) electrons. The van der Waals surface area contributed by atoms with Gasteiger partial charge in [-0.3, -0.25) is 10.1 Å². The lowest BCUT2D eigenvalue weighted by molar-refractivity contribution is -0.122. The summed E-state index contributed by atoms with van der Waals surface area (Å²) in [5.74, 6) is 1.18. The molecule has 1 N–H and O–H groups in total. The SMILES string of the molecule is C=CCSc1nnc(NC(=O)[C@H](C)Oc2cccc(C)c2)s1. The summed E-state index contributed by atoms with van der Waals surface area (Å²) in [4.78, 5) is 12.1. The van der Waals surface area contributed by atoms with Gasteiger partial charge in [0.2, 0.25) is 5.13 Å². The summed E-state index contributed by atoms with van der Waals surface area (Å²) in [6.45, 7) is 7.32. The van der Waals surface area contributed by atoms with Crippen molar-refractivity contribution in [3.05, 3.63) is 42.5 Å². The fourth-order valence-electron chi connectivity index (χ4n) is 1.60. The highest BCUT2D eigenvalue weighted by atomic mass is 32.2. The largest absolute Gasteiger partial charge is 0.481 e. The van der Waals surface area contributed by atoms with Crippen molar-refractivity contribution in [2.75, 3.05) is 11.1 Å². The van der Waals surface area contributed by atoms with Crippen LogP contribution in [0.5, 0.6) is 5.75 Å². The highest BCUT2D eigenvalue weighted by molar-refractivity contribution is 8.01. The van der Waals surface area contributed by atoms with Gasteiger partial charge in [-0.1, -0.05) is 41.3 Å². The number of anilines is 1. The third-order valence-corrected chi connectivity index (χ3v) is 4.60. The molecule has 0 unspecified atom stereocenters. The van der Waals surface area contributed by atoms with E-state index < -0.39 is 6.10 Å². The van der Waals surface area contributed by atoms with Crippen LogP contribution in [0.1, 0.15) is 12.5 Å². The molecule has 0 aliphatic rings. The second-order valence-corrected chi connectivity index (χ2v) is 6.78. The van der Waals surface area contributed by atoms with Gasteiger partial charge in [-0.2, -0.15) is 0 Å². The molecule has 2 aromatic rings. The number of benzene rings is 1. The summed E-state index contributed by atoms with van der Waals surface area (Å²) in [5.41, 5.74) is 1.08. The predicted octanol–water partition coefficient (Wildman–Crippen LogP) is 3.53. The number of carbonyl (C=O) groups is 1. The number of thioether (sulfide) groups is 1. The summed E-state index contributed by atoms with van der Waals surface area (Å²) in [5, 5.41) is 11.1. The van der Waals surface area contributed by atoms with Gasteiger partial charge in [0.05, 0.1) is 0 Å². The van der Waals surface area contributed by atoms with Gasteiger partial charge in [0.25, 0.3) is 5.91 Å². The molecule has 116 valence electrons. The van der Waals surface area contributed by atoms with Crippen molar-refractivity contribution in [2.24, 2.45) is 0 Å². The Morgan fingerprint density at radius 1 is 1.55 bits per heavy atom. The maximum atomic E-state index is 12.1. The molecule has 0 aliphatic carbocycles. The number of hydrogen-bond donors (Lipinski definition) is 1. The highest BCUT2D eigenvalue weighted by Crippen LogP contribution is 2.25. The molecule has 1 amide bonds. The van der Waals surface area contributed by atoms with E-state index in [1.807, 2.05) is 31.2 Å². The van der Waals surface area contributed by atoms with Crippen LogP contribution >= 0.6 is 23.1 Å². The molecule has 1 heterocycles. The van der Waals surface area contributed by atoms with Gasteiger partial charge in [-0.05, 0) is 31.5 Å². The van der Waals surface area contributed by atoms with Crippen molar-refractivity contribution >= 4 is 34.1 Å². The van der Waals surface area contributed by atoms with Gasteiger partial charge in [0, 0.05) is 5.75 Å². The predicted molar refractivity (Wildman–Crippen MR) is 90.7 cm³/mol. The third-order valence-electron chi connectivity index (χ3n) is 2.63. The average molecular weight is 335 g/mol. The molecule has 1 aromatic carbocycles. The molecule has 1 aromatic heterocycles. The number of hydrogen-bond acceptors (Lipinski definition) is 6. The van der Waals surface area contributed by atoms with Gasteiger partial charge in [-0.25, -0.2) is 0 Å². The van der Waals surface area contributed by atoms with E-state index in [1.165, 1.54) is 23.1 Å². The lowest BCUT2D eigenvalue weighted by Gasteiger charge is -2.13. The van der Waals surface area contributed by atoms with Crippen LogP contribution in [0.15, 0.2) is 41.3 Å². The number of rotatable bonds is 7. The highest BCUT2D eigenvalue weighted by Gasteiger charge is 2.17. The van der Waals surface area contributed by atoms with Crippen LogP contribution in [-0.4, -0.2) is 28.0 Å². The van der Waals surface area contributed by atoms with Crippen LogP contribution in [0.2, 0.25) is 0 Å². The molecule has 2 rings (SSSR count). The normalized spacial score (nSPS) is 11.7. The van der Waals surface area contributed by atoms with E-state index in [9.17, 15) is 4.79 Å². The minimum atomic E-state index is -0.616. The van der Waals surface area contributed by atoms with E-state index in [2.05, 4.69) is 22.1 Å². The first kappa shape index (κ1) is 16.5. The minimum Gasteiger partial charge on any atom is -0.481 e. The minimum absolute atomic E-state index is 0.252. The van der Waals surface area contributed by atoms with Crippen LogP contribution in [-0.2, 0) is 4.79 Å². The smallest absolute Gasteiger partial charge is 0.266 e. The third kappa shape index (κ3) is 4.85. The zero-order valence-electron chi connectivity index (χ0n) is 12.4. The Balaban J connectivity index is 1.90. The number of nitrogens with one attached hydrogen (secondary N) is 1. The Hall–Kier alpha value is -1.86. The Morgan fingerprint density at radius 2 is 2.36 bits per heavy atom. The molecule has 0 spiro atoms. The maximum absolute atomic E-state index is 12.1. The van der Waals surface area contributed by atoms with Crippen molar-refractivity contribution in [1.29, 1.82) is 0 Å². The van der Waals surface area contributed by atoms with E-state index in [4.69, 9.17) is 4.74 Å². The summed E-state index contributed by atoms with van der Waals surface area (Å²) >= 11 is 2.86. The van der Waals surface area contributed by atoms with Crippen LogP contribution in [0.25, 0.3) is 0 Å². The molecule has 1 atom stereocenters. The topological polar surface area (TPSA) is 64.1 Å². The number of ether oxygens (including phenoxy) is 1. The van der Waals surface area contributed by atoms with Crippen molar-refractivity contribution in [1.82, 2.24) is 10.2 Å². The molecule has 5 nitrogen and oxygen atoms in total. The quantitative estimate of drug-likeness (QED) is 0.476. The second-order valence-electron chi connectivity index (χ2n) is 4.54. The standard InChI is InChI=1S/C15H17N3O2S2/c1-4-8-21-15-18-17-14(22-15)16-13(19)11(3)20-12-7-5-6-10(2)9-12/h4-7,9,11H,1,8H2,2-3H3,(H,16,17,19)/t11-/m0/s1. The van der Waals surface area contributed by atoms with Crippen LogP contribution in [0.4, 0.5) is 5.13 Å². The first-order valence-corrected chi connectivity index (χ1v) is 8.50. The maximum Gasteiger partial charge on any atom is 0.266 e. The van der Waals surface area contributed by atoms with Crippen molar-refractivity contribution < 1.29 is 9.53 Å². The monoisotopic (exact) mass is 335 g/mol. The van der Waals surface area contributed by atoms with E-state index in [0.29, 0.717) is 10.9 Å². The Morgan fingerprint density at radius 3 is 3.09 bits per heavy atom. The van der Waals surface area contributed by atoms with Crippen LogP contribution in [0.3, 0.4) is 0 Å². The van der Waals surface area contributed by atoms with Gasteiger partial charge in [-0.15, -0.1) is 16.8 Å². The number of aromatic nitrogens is 2. The van der Waals surface area contributed by atoms with Crippen molar-refractivity contribution in [3.8, 4) is 5.75 Å². The van der Waals surface area contributed by atoms with Crippen molar-refractivity contribution in [2.45, 2.75) is 24.3 Å². The molecule has 0 saturated heterocycles. The zero-order chi connectivity index (χ0) is 15.9. The summed E-state index contributed by atoms with van der Waals surface area (Å²) < 4.78 is 6.42. The van der Waals surface area contributed by atoms with E-state index in [0.717, 1.165) is 15.7 Å². The molecule has 0 fully saturated rings. The number of amides is 1. The Bertz CT molecular complexity index is 658. The lowest BCUT2D eigenvalue weighted by atomic mass is 10.2. The summed E-state index contributed by atoms with van der Waals surface area (Å²) in [7, 11) is 0. The van der Waals surface area contributed by atoms with Crippen molar-refractivity contribution in [3.63, 3.8) is 0 Å². The summed E-state index contributed by atoms with van der Waals surface area (Å²) in [6.07, 6.45) is 1.18. The molecule has 0 bridgehead atoms. The van der Waals surface area contributed by atoms with E-state index in [1.54, 1.807) is 13.0 Å². The fourth-order valence-corrected chi connectivity index (χ4v) is 3.12. The van der Waals surface area contributed by atoms with Crippen LogP contribution in [0, 0.1) is 6.92 Å². The number of aryl methyl sites for hydroxylation is 1. The van der Waals surface area contributed by atoms with E-state index >= 15 is 0 Å². The Kier molecular flexibility index (Phi) is 5.97. The van der Waals surface area contributed by atoms with Gasteiger partial charge in [0.1, 0.15) is 5.75 Å². The van der Waals surface area contributed by atoms with Gasteiger partial charge < -0.3 is 4.74 Å². The lowest BCUT2D eigenvalue weighted by Crippen LogP contribution is -2.30. The number of nitrogens with zero attached hydrogens (tertiary/aromatic N) is 2. The molecular formula is C15H17N3O2S2. The molecule has 22 heavy (non-hydrogen) atoms. The first-order valence-electron chi connectivity index (χ1n) is 6.70. The molecule has 0 aliphatic heterocycles. The fraction of sp³-hybridized carbons (Fsp3) is 0.267. The molecular weight excluding hydrogens is 318 g/mol. The summed E-state index contributed by atoms with van der Waals surface area (Å²) in [6, 6.07) is 7.58. The Labute approximate surface area is 137 Å². The second kappa shape index (κ2) is 7.95. The first-order chi connectivity index (χ1) is 10.6. The van der Waals surface area contributed by atoms with Crippen LogP contribution < -0.4 is 10.1 Å². The average Bonchev–Trinajstić information content (AvgIpc) is 2.92. The zero-order valence-corrected chi connectivity index (χ0v) is 14.0. The van der Waals surface area contributed by atoms with E-state index in [-0.39, 0.29) is 5.91 Å². The molecule has 7 heteroatoms. The van der Waals surface area contributed by atoms with Gasteiger partial charge in [0.15, 0.2) is 10.4 Å². The van der Waals surface area contributed by atoms with Gasteiger partial charge >= 0.3 is 0 Å². The molecule has 0 saturated carbocycles. The number of carbonyl (C=O) groups excluding carboxylic acids is 1.